The van der Waals surface area contributed by atoms with Crippen molar-refractivity contribution < 1.29 is 9.59 Å². The second-order valence-electron chi connectivity index (χ2n) is 5.97. The average Bonchev–Trinajstić information content (AvgIpc) is 3.13. The first-order valence-corrected chi connectivity index (χ1v) is 8.35. The van der Waals surface area contributed by atoms with Crippen LogP contribution in [-0.2, 0) is 17.9 Å². The largest absolute Gasteiger partial charge is 0.337 e. The van der Waals surface area contributed by atoms with Gasteiger partial charge in [-0.05, 0) is 26.0 Å². The molecular weight excluding hydrogens is 318 g/mol. The molecule has 0 spiro atoms. The van der Waals surface area contributed by atoms with Crippen LogP contribution < -0.4 is 10.6 Å². The van der Waals surface area contributed by atoms with Crippen LogP contribution in [0.2, 0.25) is 0 Å². The molecule has 134 valence electrons. The van der Waals surface area contributed by atoms with Crippen LogP contribution in [0.3, 0.4) is 0 Å². The van der Waals surface area contributed by atoms with Crippen LogP contribution in [0.1, 0.15) is 18.9 Å². The van der Waals surface area contributed by atoms with Gasteiger partial charge >= 0.3 is 6.03 Å². The maximum atomic E-state index is 12.2. The minimum absolute atomic E-state index is 0.310. The van der Waals surface area contributed by atoms with Crippen molar-refractivity contribution in [3.05, 3.63) is 54.6 Å². The van der Waals surface area contributed by atoms with E-state index in [0.717, 1.165) is 25.1 Å². The summed E-state index contributed by atoms with van der Waals surface area (Å²) in [7, 11) is 1.88. The van der Waals surface area contributed by atoms with Gasteiger partial charge in [0, 0.05) is 32.0 Å². The molecule has 1 atom stereocenters. The third-order valence-corrected chi connectivity index (χ3v) is 4.06. The van der Waals surface area contributed by atoms with Crippen molar-refractivity contribution in [2.45, 2.75) is 32.5 Å². The van der Waals surface area contributed by atoms with Gasteiger partial charge in [-0.15, -0.1) is 0 Å². The average molecular weight is 343 g/mol. The van der Waals surface area contributed by atoms with Gasteiger partial charge in [-0.2, -0.15) is 0 Å². The van der Waals surface area contributed by atoms with Gasteiger partial charge < -0.3 is 9.88 Å². The first-order chi connectivity index (χ1) is 12.1. The third kappa shape index (κ3) is 6.39. The summed E-state index contributed by atoms with van der Waals surface area (Å²) in [6.07, 6.45) is 6.32. The van der Waals surface area contributed by atoms with E-state index in [2.05, 4.69) is 15.6 Å². The lowest BCUT2D eigenvalue weighted by molar-refractivity contribution is -0.124. The molecule has 2 aromatic rings. The number of hydrogen-bond donors (Lipinski definition) is 2. The Labute approximate surface area is 148 Å². The van der Waals surface area contributed by atoms with E-state index >= 15 is 0 Å². The molecule has 3 amide bonds. The van der Waals surface area contributed by atoms with E-state index in [0.29, 0.717) is 6.54 Å². The summed E-state index contributed by atoms with van der Waals surface area (Å²) in [5.74, 6) is -0.310. The molecule has 0 aliphatic carbocycles. The number of nitrogens with one attached hydrogen (secondary N) is 2. The molecule has 0 unspecified atom stereocenters. The molecule has 0 radical (unpaired) electrons. The maximum absolute atomic E-state index is 12.2. The normalized spacial score (nSPS) is 12.0. The highest BCUT2D eigenvalue weighted by atomic mass is 16.2. The number of nitrogens with zero attached hydrogens (tertiary/aromatic N) is 3. The van der Waals surface area contributed by atoms with Gasteiger partial charge in [0.15, 0.2) is 0 Å². The number of likely N-dealkylation sites (N-methyl/N-ethyl adjacent to an activating group) is 1. The Kier molecular flexibility index (Phi) is 7.16. The van der Waals surface area contributed by atoms with Crippen LogP contribution in [0.5, 0.6) is 0 Å². The lowest BCUT2D eigenvalue weighted by Gasteiger charge is -2.23. The minimum atomic E-state index is -0.479. The molecule has 1 aromatic heterocycles. The maximum Gasteiger partial charge on any atom is 0.321 e. The minimum Gasteiger partial charge on any atom is -0.337 e. The van der Waals surface area contributed by atoms with E-state index in [9.17, 15) is 9.59 Å². The molecule has 25 heavy (non-hydrogen) atoms. The second kappa shape index (κ2) is 9.58. The Morgan fingerprint density at radius 3 is 2.72 bits per heavy atom. The van der Waals surface area contributed by atoms with Gasteiger partial charge in [0.2, 0.25) is 5.91 Å². The zero-order valence-electron chi connectivity index (χ0n) is 14.7. The standard InChI is InChI=1S/C18H25N5O2/c1-15(22(2)10-6-11-23-12-9-19-14-23)17(24)21-18(25)20-13-16-7-4-3-5-8-16/h3-5,7-9,12,14-15H,6,10-11,13H2,1-2H3,(H2,20,21,24,25)/t15-/m1/s1. The van der Waals surface area contributed by atoms with Crippen molar-refractivity contribution in [1.82, 2.24) is 25.1 Å². The van der Waals surface area contributed by atoms with E-state index in [4.69, 9.17) is 0 Å². The van der Waals surface area contributed by atoms with Crippen LogP contribution in [0.15, 0.2) is 49.1 Å². The first kappa shape index (κ1) is 18.7. The molecule has 0 aliphatic rings. The number of imidazole rings is 1. The predicted molar refractivity (Wildman–Crippen MR) is 95.8 cm³/mol. The molecule has 0 saturated heterocycles. The number of imide groups is 1. The van der Waals surface area contributed by atoms with E-state index in [-0.39, 0.29) is 11.9 Å². The summed E-state index contributed by atoms with van der Waals surface area (Å²) in [5.41, 5.74) is 0.981. The number of carbonyl (C=O) groups is 2. The summed E-state index contributed by atoms with van der Waals surface area (Å²) in [5, 5.41) is 5.07. The number of hydrogen-bond acceptors (Lipinski definition) is 4. The first-order valence-electron chi connectivity index (χ1n) is 8.35. The van der Waals surface area contributed by atoms with Crippen molar-refractivity contribution >= 4 is 11.9 Å². The molecular formula is C18H25N5O2. The Hall–Kier alpha value is -2.67. The number of aryl methyl sites for hydroxylation is 1. The third-order valence-electron chi connectivity index (χ3n) is 4.06. The van der Waals surface area contributed by atoms with Gasteiger partial charge in [-0.1, -0.05) is 30.3 Å². The Morgan fingerprint density at radius 1 is 1.28 bits per heavy atom. The fourth-order valence-electron chi connectivity index (χ4n) is 2.35. The molecule has 7 heteroatoms. The number of aromatic nitrogens is 2. The fraction of sp³-hybridized carbons (Fsp3) is 0.389. The number of urea groups is 1. The van der Waals surface area contributed by atoms with Crippen LogP contribution in [0.25, 0.3) is 0 Å². The smallest absolute Gasteiger partial charge is 0.321 e. The molecule has 0 saturated carbocycles. The Morgan fingerprint density at radius 2 is 2.04 bits per heavy atom. The zero-order valence-corrected chi connectivity index (χ0v) is 14.7. The van der Waals surface area contributed by atoms with E-state index in [1.807, 2.05) is 53.0 Å². The van der Waals surface area contributed by atoms with Crippen LogP contribution in [0.4, 0.5) is 4.79 Å². The van der Waals surface area contributed by atoms with Crippen molar-refractivity contribution in [1.29, 1.82) is 0 Å². The molecule has 0 fully saturated rings. The Balaban J connectivity index is 1.68. The van der Waals surface area contributed by atoms with Gasteiger partial charge in [0.05, 0.1) is 12.4 Å². The van der Waals surface area contributed by atoms with Crippen LogP contribution in [0, 0.1) is 0 Å². The molecule has 0 bridgehead atoms. The van der Waals surface area contributed by atoms with E-state index in [1.54, 1.807) is 19.4 Å². The molecule has 1 aromatic carbocycles. The number of amides is 3. The van der Waals surface area contributed by atoms with Gasteiger partial charge in [-0.25, -0.2) is 9.78 Å². The van der Waals surface area contributed by atoms with Gasteiger partial charge in [0.1, 0.15) is 0 Å². The van der Waals surface area contributed by atoms with Gasteiger partial charge in [-0.3, -0.25) is 15.0 Å². The quantitative estimate of drug-likeness (QED) is 0.763. The summed E-state index contributed by atoms with van der Waals surface area (Å²) < 4.78 is 2.00. The summed E-state index contributed by atoms with van der Waals surface area (Å²) >= 11 is 0. The highest BCUT2D eigenvalue weighted by Crippen LogP contribution is 2.00. The van der Waals surface area contributed by atoms with Crippen molar-refractivity contribution in [3.8, 4) is 0 Å². The monoisotopic (exact) mass is 343 g/mol. The van der Waals surface area contributed by atoms with Crippen molar-refractivity contribution in [3.63, 3.8) is 0 Å². The SMILES string of the molecule is C[C@H](C(=O)NC(=O)NCc1ccccc1)N(C)CCCn1ccnc1. The van der Waals surface area contributed by atoms with Crippen molar-refractivity contribution in [2.75, 3.05) is 13.6 Å². The molecule has 1 heterocycles. The Bertz CT molecular complexity index is 657. The van der Waals surface area contributed by atoms with Crippen LogP contribution in [-0.4, -0.2) is 46.0 Å². The highest BCUT2D eigenvalue weighted by Gasteiger charge is 2.19. The number of benzene rings is 1. The van der Waals surface area contributed by atoms with Gasteiger partial charge in [0.25, 0.3) is 0 Å². The molecule has 0 aliphatic heterocycles. The highest BCUT2D eigenvalue weighted by molar-refractivity contribution is 5.96. The van der Waals surface area contributed by atoms with E-state index in [1.165, 1.54) is 0 Å². The number of carbonyl (C=O) groups excluding carboxylic acids is 2. The molecule has 7 nitrogen and oxygen atoms in total. The molecule has 2 rings (SSSR count). The lowest BCUT2D eigenvalue weighted by Crippen LogP contribution is -2.48. The number of rotatable bonds is 8. The molecule has 2 N–H and O–H groups in total. The summed E-state index contributed by atoms with van der Waals surface area (Å²) in [4.78, 5) is 29.9. The van der Waals surface area contributed by atoms with Crippen molar-refractivity contribution in [2.24, 2.45) is 0 Å². The predicted octanol–water partition coefficient (Wildman–Crippen LogP) is 1.62. The lowest BCUT2D eigenvalue weighted by atomic mass is 10.2. The summed E-state index contributed by atoms with van der Waals surface area (Å²) in [6.45, 7) is 3.76. The van der Waals surface area contributed by atoms with Crippen LogP contribution >= 0.6 is 0 Å². The van der Waals surface area contributed by atoms with E-state index < -0.39 is 6.03 Å². The topological polar surface area (TPSA) is 79.3 Å². The summed E-state index contributed by atoms with van der Waals surface area (Å²) in [6, 6.07) is 8.69. The zero-order chi connectivity index (χ0) is 18.1. The fourth-order valence-corrected chi connectivity index (χ4v) is 2.35. The second-order valence-corrected chi connectivity index (χ2v) is 5.97.